The van der Waals surface area contributed by atoms with Crippen molar-refractivity contribution in [3.05, 3.63) is 0 Å². The van der Waals surface area contributed by atoms with Crippen LogP contribution in [0.3, 0.4) is 0 Å². The number of carboxylic acids is 2. The summed E-state index contributed by atoms with van der Waals surface area (Å²) in [7, 11) is 0. The molecule has 0 aromatic rings. The summed E-state index contributed by atoms with van der Waals surface area (Å²) in [6, 6.07) is 0. The van der Waals surface area contributed by atoms with Gasteiger partial charge in [-0.05, 0) is 25.7 Å². The number of rotatable bonds is 32. The summed E-state index contributed by atoms with van der Waals surface area (Å²) in [4.78, 5) is 20.2. The molecule has 5 heteroatoms. The first-order valence-corrected chi connectivity index (χ1v) is 23.1. The molecule has 43 heavy (non-hydrogen) atoms. The fourth-order valence-electron chi connectivity index (χ4n) is 4.99. The fourth-order valence-corrected chi connectivity index (χ4v) is 8.56. The first-order valence-electron chi connectivity index (χ1n) is 19.1. The third-order valence-corrected chi connectivity index (χ3v) is 11.9. The van der Waals surface area contributed by atoms with Crippen molar-refractivity contribution in [3.8, 4) is 0 Å². The molecule has 0 radical (unpaired) electrons. The third kappa shape index (κ3) is 57.9. The number of carboxylic acid groups (broad SMARTS) is 2. The van der Waals surface area contributed by atoms with E-state index in [0.717, 1.165) is 25.7 Å². The number of hydrogen-bond donors (Lipinski definition) is 0. The van der Waals surface area contributed by atoms with Crippen LogP contribution >= 0.6 is 0 Å². The summed E-state index contributed by atoms with van der Waals surface area (Å²) in [5.41, 5.74) is 0. The molecule has 0 rings (SSSR count). The quantitative estimate of drug-likeness (QED) is 0.0513. The summed E-state index contributed by atoms with van der Waals surface area (Å²) in [5.74, 6) is -1.82. The Labute approximate surface area is 281 Å². The maximum absolute atomic E-state index is 10.1. The topological polar surface area (TPSA) is 80.3 Å². The molecule has 0 aliphatic heterocycles. The Bertz CT molecular complexity index is 468. The molecule has 0 atom stereocenters. The molecular formula is C38H76O4Sn. The van der Waals surface area contributed by atoms with E-state index in [2.05, 4.69) is 27.7 Å². The van der Waals surface area contributed by atoms with Gasteiger partial charge in [0.1, 0.15) is 0 Å². The van der Waals surface area contributed by atoms with E-state index in [1.165, 1.54) is 141 Å². The SMILES string of the molecule is CCCCCCCCCCCC(=O)[O-].CCCCCCCCCCCC(=O)[O-].CCCCCC[CH2][Sn+2][CH2]CCCCCC. The zero-order valence-electron chi connectivity index (χ0n) is 29.8. The van der Waals surface area contributed by atoms with Gasteiger partial charge in [0, 0.05) is 11.9 Å². The molecule has 0 heterocycles. The zero-order chi connectivity index (χ0) is 32.5. The summed E-state index contributed by atoms with van der Waals surface area (Å²) in [5, 5.41) is 20.2. The van der Waals surface area contributed by atoms with Crippen molar-refractivity contribution in [1.82, 2.24) is 0 Å². The minimum atomic E-state index is -0.909. The summed E-state index contributed by atoms with van der Waals surface area (Å²) in [6.07, 6.45) is 37.2. The molecule has 0 fully saturated rings. The normalized spacial score (nSPS) is 10.3. The fraction of sp³-hybridized carbons (Fsp3) is 0.947. The molecule has 0 saturated carbocycles. The van der Waals surface area contributed by atoms with Gasteiger partial charge in [-0.15, -0.1) is 0 Å². The van der Waals surface area contributed by atoms with E-state index in [1.54, 1.807) is 21.7 Å². The first kappa shape index (κ1) is 47.1. The van der Waals surface area contributed by atoms with Crippen LogP contribution in [0, 0.1) is 0 Å². The van der Waals surface area contributed by atoms with Crippen molar-refractivity contribution < 1.29 is 19.8 Å². The monoisotopic (exact) mass is 716 g/mol. The van der Waals surface area contributed by atoms with E-state index in [-0.39, 0.29) is 34.0 Å². The van der Waals surface area contributed by atoms with E-state index < -0.39 is 11.9 Å². The van der Waals surface area contributed by atoms with Gasteiger partial charge in [-0.2, -0.15) is 0 Å². The van der Waals surface area contributed by atoms with Gasteiger partial charge in [0.15, 0.2) is 0 Å². The second-order valence-electron chi connectivity index (χ2n) is 12.5. The van der Waals surface area contributed by atoms with Crippen LogP contribution in [-0.4, -0.2) is 33.1 Å². The Morgan fingerprint density at radius 3 is 0.791 bits per heavy atom. The van der Waals surface area contributed by atoms with Gasteiger partial charge in [-0.1, -0.05) is 117 Å². The molecule has 0 N–H and O–H groups in total. The van der Waals surface area contributed by atoms with Gasteiger partial charge in [0.2, 0.25) is 0 Å². The van der Waals surface area contributed by atoms with Crippen LogP contribution in [0.1, 0.15) is 220 Å². The van der Waals surface area contributed by atoms with Gasteiger partial charge < -0.3 is 19.8 Å². The van der Waals surface area contributed by atoms with E-state index in [1.807, 2.05) is 0 Å². The molecule has 0 saturated heterocycles. The van der Waals surface area contributed by atoms with Crippen molar-refractivity contribution in [2.24, 2.45) is 0 Å². The molecule has 256 valence electrons. The van der Waals surface area contributed by atoms with Gasteiger partial charge >= 0.3 is 108 Å². The molecule has 0 spiro atoms. The molecule has 4 nitrogen and oxygen atoms in total. The van der Waals surface area contributed by atoms with Crippen LogP contribution in [0.5, 0.6) is 0 Å². The average molecular weight is 716 g/mol. The molecular weight excluding hydrogens is 639 g/mol. The van der Waals surface area contributed by atoms with Gasteiger partial charge in [0.05, 0.1) is 0 Å². The summed E-state index contributed by atoms with van der Waals surface area (Å²) < 4.78 is 3.31. The van der Waals surface area contributed by atoms with E-state index >= 15 is 0 Å². The van der Waals surface area contributed by atoms with Crippen LogP contribution in [0.2, 0.25) is 8.87 Å². The molecule has 0 aliphatic rings. The first-order chi connectivity index (χ1) is 21.0. The Kier molecular flexibility index (Phi) is 50.6. The maximum atomic E-state index is 10.1. The van der Waals surface area contributed by atoms with Crippen molar-refractivity contribution in [2.45, 2.75) is 229 Å². The third-order valence-electron chi connectivity index (χ3n) is 7.88. The Balaban J connectivity index is -0.000000559. The number of carbonyl (C=O) groups excluding carboxylic acids is 2. The molecule has 0 unspecified atom stereocenters. The number of carbonyl (C=O) groups is 2. The van der Waals surface area contributed by atoms with Crippen molar-refractivity contribution >= 4 is 33.1 Å². The zero-order valence-corrected chi connectivity index (χ0v) is 32.6. The van der Waals surface area contributed by atoms with Gasteiger partial charge in [-0.25, -0.2) is 0 Å². The summed E-state index contributed by atoms with van der Waals surface area (Å²) in [6.45, 7) is 9.04. The Morgan fingerprint density at radius 2 is 0.558 bits per heavy atom. The standard InChI is InChI=1S/2C12H24O2.2C7H15.Sn/c2*1-2-3-4-5-6-7-8-9-10-11-12(13)14;2*1-3-5-7-6-4-2;/h2*2-11H2,1H3,(H,13,14);2*1,3-7H2,2H3;/q;;;;+2/p-2. The Morgan fingerprint density at radius 1 is 0.349 bits per heavy atom. The minimum absolute atomic E-state index is 0.0871. The van der Waals surface area contributed by atoms with Crippen LogP contribution in [0.4, 0.5) is 0 Å². The van der Waals surface area contributed by atoms with Crippen molar-refractivity contribution in [1.29, 1.82) is 0 Å². The Hall–Kier alpha value is -0.261. The predicted molar refractivity (Wildman–Crippen MR) is 187 cm³/mol. The predicted octanol–water partition coefficient (Wildman–Crippen LogP) is 10.8. The van der Waals surface area contributed by atoms with E-state index in [9.17, 15) is 19.8 Å². The van der Waals surface area contributed by atoms with Crippen LogP contribution in [0.15, 0.2) is 0 Å². The molecule has 0 aromatic carbocycles. The average Bonchev–Trinajstić information content (AvgIpc) is 2.98. The van der Waals surface area contributed by atoms with E-state index in [0.29, 0.717) is 0 Å². The van der Waals surface area contributed by atoms with Gasteiger partial charge in [-0.3, -0.25) is 0 Å². The number of hydrogen-bond acceptors (Lipinski definition) is 4. The van der Waals surface area contributed by atoms with Crippen molar-refractivity contribution in [2.75, 3.05) is 0 Å². The van der Waals surface area contributed by atoms with E-state index in [4.69, 9.17) is 0 Å². The van der Waals surface area contributed by atoms with Crippen LogP contribution in [0.25, 0.3) is 0 Å². The molecule has 0 aromatic heterocycles. The number of aliphatic carboxylic acids is 2. The van der Waals surface area contributed by atoms with Crippen molar-refractivity contribution in [3.63, 3.8) is 0 Å². The van der Waals surface area contributed by atoms with Crippen LogP contribution in [-0.2, 0) is 9.59 Å². The molecule has 0 bridgehead atoms. The summed E-state index contributed by atoms with van der Waals surface area (Å²) >= 11 is 0.0871. The van der Waals surface area contributed by atoms with Gasteiger partial charge in [0.25, 0.3) is 0 Å². The number of unbranched alkanes of at least 4 members (excludes halogenated alkanes) is 24. The second kappa shape index (κ2) is 46.2. The second-order valence-corrected chi connectivity index (χ2v) is 16.8. The molecule has 0 aliphatic carbocycles. The van der Waals surface area contributed by atoms with Crippen LogP contribution < -0.4 is 10.2 Å². The molecule has 0 amide bonds.